The zero-order valence-electron chi connectivity index (χ0n) is 27.2. The minimum absolute atomic E-state index is 0.0317. The van der Waals surface area contributed by atoms with E-state index in [4.69, 9.17) is 9.47 Å². The molecule has 6 rings (SSSR count). The van der Waals surface area contributed by atoms with Crippen LogP contribution in [0.1, 0.15) is 40.5 Å². The van der Waals surface area contributed by atoms with Gasteiger partial charge in [0.25, 0.3) is 5.56 Å². The highest BCUT2D eigenvalue weighted by atomic mass is 19.4. The second kappa shape index (κ2) is 12.9. The molecule has 3 atom stereocenters. The van der Waals surface area contributed by atoms with Gasteiger partial charge in [0.1, 0.15) is 11.9 Å². The van der Waals surface area contributed by atoms with Crippen molar-refractivity contribution in [2.24, 2.45) is 0 Å². The van der Waals surface area contributed by atoms with Crippen molar-refractivity contribution in [3.05, 3.63) is 53.1 Å². The lowest BCUT2D eigenvalue weighted by Gasteiger charge is -2.36. The second-order valence-corrected chi connectivity index (χ2v) is 13.4. The van der Waals surface area contributed by atoms with E-state index >= 15 is 0 Å². The highest BCUT2D eigenvalue weighted by Crippen LogP contribution is 2.33. The number of benzene rings is 2. The van der Waals surface area contributed by atoms with E-state index in [-0.39, 0.29) is 29.7 Å². The van der Waals surface area contributed by atoms with Crippen molar-refractivity contribution >= 4 is 34.3 Å². The number of piperazine rings is 1. The number of fused-ring (bicyclic) bond motifs is 3. The molecule has 0 spiro atoms. The summed E-state index contributed by atoms with van der Waals surface area (Å²) in [7, 11) is 0. The molecule has 0 aliphatic carbocycles. The molecule has 2 bridgehead atoms. The first-order valence-electron chi connectivity index (χ1n) is 16.0. The molecule has 0 radical (unpaired) electrons. The van der Waals surface area contributed by atoms with Crippen molar-refractivity contribution in [3.8, 4) is 11.4 Å². The molecule has 12 nitrogen and oxygen atoms in total. The quantitative estimate of drug-likeness (QED) is 0.403. The maximum Gasteiger partial charge on any atom is 0.573 e. The average Bonchev–Trinajstić information content (AvgIpc) is 3.37. The molecule has 48 heavy (non-hydrogen) atoms. The van der Waals surface area contributed by atoms with E-state index in [1.165, 1.54) is 23.0 Å². The molecule has 2 aromatic carbocycles. The largest absolute Gasteiger partial charge is 0.573 e. The summed E-state index contributed by atoms with van der Waals surface area (Å²) in [4.78, 5) is 49.5. The summed E-state index contributed by atoms with van der Waals surface area (Å²) in [5.41, 5.74) is 0.199. The molecule has 1 N–H and O–H groups in total. The Labute approximate surface area is 275 Å². The van der Waals surface area contributed by atoms with Crippen molar-refractivity contribution in [1.82, 2.24) is 19.4 Å². The van der Waals surface area contributed by atoms with Gasteiger partial charge in [0.05, 0.1) is 40.5 Å². The van der Waals surface area contributed by atoms with E-state index in [9.17, 15) is 27.6 Å². The number of halogens is 3. The van der Waals surface area contributed by atoms with Gasteiger partial charge < -0.3 is 29.3 Å². The van der Waals surface area contributed by atoms with Gasteiger partial charge in [0.2, 0.25) is 5.91 Å². The number of rotatable bonds is 6. The number of aromatic nitrogens is 2. The maximum absolute atomic E-state index is 13.6. The molecule has 2 amide bonds. The van der Waals surface area contributed by atoms with Crippen LogP contribution in [0.15, 0.2) is 47.5 Å². The van der Waals surface area contributed by atoms with Crippen LogP contribution in [0.25, 0.3) is 16.6 Å². The number of anilines is 2. The van der Waals surface area contributed by atoms with Gasteiger partial charge in [-0.25, -0.2) is 9.78 Å². The molecule has 4 heterocycles. The number of carbonyl (C=O) groups excluding carboxylic acids is 2. The van der Waals surface area contributed by atoms with Crippen LogP contribution >= 0.6 is 0 Å². The molecular weight excluding hydrogens is 633 g/mol. The fourth-order valence-electron chi connectivity index (χ4n) is 6.31. The number of likely N-dealkylation sites (tertiary alicyclic amines) is 1. The number of amides is 2. The Balaban J connectivity index is 1.21. The Morgan fingerprint density at radius 3 is 2.29 bits per heavy atom. The summed E-state index contributed by atoms with van der Waals surface area (Å²) in [6, 6.07) is 8.22. The van der Waals surface area contributed by atoms with Crippen LogP contribution in [-0.2, 0) is 14.3 Å². The lowest BCUT2D eigenvalue weighted by Crippen LogP contribution is -2.51. The third-order valence-corrected chi connectivity index (χ3v) is 8.76. The standard InChI is InChI=1S/C33H39F3N6O6/c1-20(41-17-23-7-8-24(18-41)46-23)29(43)38-27-16-22(6-10-28(27)47-33(34,35)36)42-19-37-26-15-21(5-9-25(26)30(42)44)39-11-13-40(14-12-39)31(45)48-32(2,3)4/h5-6,9-10,15-16,19-20,23-24H,7-8,11-14,17-18H2,1-4H3,(H,38,43). The predicted octanol–water partition coefficient (Wildman–Crippen LogP) is 4.53. The number of carbonyl (C=O) groups is 2. The molecule has 15 heteroatoms. The lowest BCUT2D eigenvalue weighted by atomic mass is 10.1. The van der Waals surface area contributed by atoms with E-state index in [2.05, 4.69) is 19.9 Å². The fraction of sp³-hybridized carbons (Fsp3) is 0.515. The SMILES string of the molecule is CC(C(=O)Nc1cc(-n2cnc3cc(N4CCN(C(=O)OC(C)(C)C)CC4)ccc3c2=O)ccc1OC(F)(F)F)N1CC2CCC(C1)O2. The van der Waals surface area contributed by atoms with Gasteiger partial charge in [0, 0.05) is 45.0 Å². The molecule has 258 valence electrons. The Hall–Kier alpha value is -4.37. The van der Waals surface area contributed by atoms with Crippen LogP contribution in [0, 0.1) is 0 Å². The normalized spacial score (nSPS) is 20.9. The summed E-state index contributed by atoms with van der Waals surface area (Å²) >= 11 is 0. The molecular formula is C33H39F3N6O6. The topological polar surface area (TPSA) is 118 Å². The van der Waals surface area contributed by atoms with Crippen LogP contribution in [0.5, 0.6) is 5.75 Å². The second-order valence-electron chi connectivity index (χ2n) is 13.4. The van der Waals surface area contributed by atoms with Gasteiger partial charge in [-0.15, -0.1) is 13.2 Å². The number of hydrogen-bond acceptors (Lipinski definition) is 9. The summed E-state index contributed by atoms with van der Waals surface area (Å²) < 4.78 is 56.6. The zero-order valence-corrected chi connectivity index (χ0v) is 27.2. The average molecular weight is 673 g/mol. The number of hydrogen-bond donors (Lipinski definition) is 1. The number of alkyl halides is 3. The van der Waals surface area contributed by atoms with Gasteiger partial charge in [-0.1, -0.05) is 0 Å². The highest BCUT2D eigenvalue weighted by Gasteiger charge is 2.38. The Bertz CT molecular complexity index is 1740. The van der Waals surface area contributed by atoms with Crippen molar-refractivity contribution in [2.75, 3.05) is 49.5 Å². The maximum atomic E-state index is 13.6. The Morgan fingerprint density at radius 2 is 1.65 bits per heavy atom. The first-order chi connectivity index (χ1) is 22.6. The van der Waals surface area contributed by atoms with Crippen molar-refractivity contribution in [2.45, 2.75) is 70.7 Å². The van der Waals surface area contributed by atoms with Gasteiger partial charge in [0.15, 0.2) is 5.75 Å². The summed E-state index contributed by atoms with van der Waals surface area (Å²) in [6.45, 7) is 10.3. The van der Waals surface area contributed by atoms with Crippen LogP contribution in [0.4, 0.5) is 29.3 Å². The fourth-order valence-corrected chi connectivity index (χ4v) is 6.31. The smallest absolute Gasteiger partial charge is 0.444 e. The summed E-state index contributed by atoms with van der Waals surface area (Å²) in [5.74, 6) is -1.11. The minimum atomic E-state index is -5.00. The van der Waals surface area contributed by atoms with E-state index in [0.29, 0.717) is 50.2 Å². The van der Waals surface area contributed by atoms with Crippen molar-refractivity contribution in [1.29, 1.82) is 0 Å². The van der Waals surface area contributed by atoms with Gasteiger partial charge in [-0.3, -0.25) is 19.1 Å². The van der Waals surface area contributed by atoms with E-state index < -0.39 is 35.2 Å². The Kier molecular flexibility index (Phi) is 9.02. The highest BCUT2D eigenvalue weighted by molar-refractivity contribution is 5.96. The summed E-state index contributed by atoms with van der Waals surface area (Å²) in [5, 5.41) is 2.89. The zero-order chi connectivity index (χ0) is 34.4. The van der Waals surface area contributed by atoms with Gasteiger partial charge in [-0.05, 0) is 76.9 Å². The molecule has 3 saturated heterocycles. The first-order valence-corrected chi connectivity index (χ1v) is 16.0. The van der Waals surface area contributed by atoms with Crippen LogP contribution in [0.3, 0.4) is 0 Å². The Morgan fingerprint density at radius 1 is 0.979 bits per heavy atom. The van der Waals surface area contributed by atoms with Crippen LogP contribution < -0.4 is 20.5 Å². The molecule has 3 fully saturated rings. The van der Waals surface area contributed by atoms with Crippen molar-refractivity contribution in [3.63, 3.8) is 0 Å². The molecule has 3 aromatic rings. The molecule has 0 saturated carbocycles. The third-order valence-electron chi connectivity index (χ3n) is 8.76. The monoisotopic (exact) mass is 672 g/mol. The number of ether oxygens (including phenoxy) is 3. The lowest BCUT2D eigenvalue weighted by molar-refractivity contribution is -0.274. The van der Waals surface area contributed by atoms with E-state index in [0.717, 1.165) is 24.6 Å². The minimum Gasteiger partial charge on any atom is -0.444 e. The molecule has 3 unspecified atom stereocenters. The van der Waals surface area contributed by atoms with Gasteiger partial charge in [-0.2, -0.15) is 0 Å². The van der Waals surface area contributed by atoms with Gasteiger partial charge >= 0.3 is 12.5 Å². The van der Waals surface area contributed by atoms with E-state index in [1.54, 1.807) is 30.0 Å². The molecule has 1 aromatic heterocycles. The van der Waals surface area contributed by atoms with Crippen LogP contribution in [0.2, 0.25) is 0 Å². The molecule has 3 aliphatic rings. The predicted molar refractivity (Wildman–Crippen MR) is 172 cm³/mol. The van der Waals surface area contributed by atoms with E-state index in [1.807, 2.05) is 25.7 Å². The van der Waals surface area contributed by atoms with Crippen LogP contribution in [-0.4, -0.2) is 101 Å². The third kappa shape index (κ3) is 7.51. The number of nitrogens with zero attached hydrogens (tertiary/aromatic N) is 5. The first kappa shape index (κ1) is 33.5. The summed E-state index contributed by atoms with van der Waals surface area (Å²) in [6.07, 6.45) is -2.19. The number of nitrogens with one attached hydrogen (secondary N) is 1. The number of morpholine rings is 1. The molecule has 3 aliphatic heterocycles. The van der Waals surface area contributed by atoms with Crippen molar-refractivity contribution < 1.29 is 37.0 Å².